The Morgan fingerprint density at radius 3 is 1.12 bits per heavy atom. The number of carbonyl (C=O) groups is 4. The van der Waals surface area contributed by atoms with Gasteiger partial charge in [0.05, 0.1) is 47.0 Å². The third-order valence-electron chi connectivity index (χ3n) is 7.08. The minimum absolute atomic E-state index is 0.110. The van der Waals surface area contributed by atoms with Crippen LogP contribution in [0.4, 0.5) is 0 Å². The molecule has 0 bridgehead atoms. The molecule has 0 aliphatic heterocycles. The van der Waals surface area contributed by atoms with E-state index < -0.39 is 16.0 Å². The van der Waals surface area contributed by atoms with Crippen LogP contribution in [-0.2, 0) is 59.1 Å². The summed E-state index contributed by atoms with van der Waals surface area (Å²) in [6.45, 7) is 0. The number of hydrogen-bond donors (Lipinski definition) is 1. The quantitative estimate of drug-likeness (QED) is 0.0574. The summed E-state index contributed by atoms with van der Waals surface area (Å²) in [5.74, 6) is 4.19. The van der Waals surface area contributed by atoms with E-state index in [-0.39, 0.29) is 100 Å². The molecule has 4 rings (SSSR count). The Kier molecular flexibility index (Phi) is 71.7. The number of esters is 3. The molecule has 0 spiro atoms. The van der Waals surface area contributed by atoms with Crippen LogP contribution in [0.5, 0.6) is 0 Å². The normalized spacial score (nSPS) is 11.5. The van der Waals surface area contributed by atoms with Gasteiger partial charge in [0.15, 0.2) is 0 Å². The fraction of sp³-hybridized carbons (Fsp3) is 0.238. The van der Waals surface area contributed by atoms with Gasteiger partial charge in [0.2, 0.25) is 0 Å². The van der Waals surface area contributed by atoms with Crippen LogP contribution in [0.3, 0.4) is 0 Å². The molecular formula is C42H44I25O8S-. The van der Waals surface area contributed by atoms with Gasteiger partial charge in [-0.2, -0.15) is 10.0 Å². The fourth-order valence-corrected chi connectivity index (χ4v) is 1470. The van der Waals surface area contributed by atoms with Gasteiger partial charge in [-0.25, -0.2) is 0 Å². The second-order valence-corrected chi connectivity index (χ2v) is 425. The molecule has 0 atom stereocenters. The predicted molar refractivity (Wildman–Crippen MR) is 538 cm³/mol. The van der Waals surface area contributed by atoms with E-state index in [0.717, 1.165) is 40.5 Å². The molecule has 34 heteroatoms. The monoisotopic (exact) mass is 3880 g/mol. The number of terminal acetylenes is 1. The minimum atomic E-state index is -0.850. The Bertz CT molecular complexity index is 2390. The van der Waals surface area contributed by atoms with Crippen LogP contribution >= 0.6 is 379 Å². The number of carbonyl (C=O) groups excluding carboxylic acids is 3. The Hall–Kier alpha value is 12.5. The smallest absolute Gasteiger partial charge is 0.307 e. The van der Waals surface area contributed by atoms with Crippen molar-refractivity contribution in [3.05, 3.63) is 138 Å². The number of halogens is 25. The third-order valence-corrected chi connectivity index (χ3v) is 919. The van der Waals surface area contributed by atoms with Gasteiger partial charge in [0, 0.05) is 18.3 Å². The molecule has 0 radical (unpaired) electrons. The zero-order valence-corrected chi connectivity index (χ0v) is 94.1. The molecule has 0 amide bonds. The van der Waals surface area contributed by atoms with E-state index in [2.05, 4.69) is 356 Å². The molecule has 76 heavy (non-hydrogen) atoms. The molecule has 8 nitrogen and oxygen atoms in total. The largest absolute Gasteiger partial charge is 0.481 e. The first-order chi connectivity index (χ1) is 35.4. The topological polar surface area (TPSA) is 116 Å². The molecule has 4 aromatic rings. The van der Waals surface area contributed by atoms with Gasteiger partial charge in [-0.15, -0.1) is 6.42 Å². The molecule has 0 aromatic heterocycles. The van der Waals surface area contributed by atoms with E-state index in [4.69, 9.17) is 11.5 Å². The molecule has 0 saturated heterocycles. The van der Waals surface area contributed by atoms with Crippen LogP contribution in [-0.4, -0.2) is 69.1 Å². The average molecular weight is 3880 g/mol. The Morgan fingerprint density at radius 2 is 0.829 bits per heavy atom. The maximum atomic E-state index is 11.3. The third kappa shape index (κ3) is 53.7. The van der Waals surface area contributed by atoms with Crippen LogP contribution in [0.25, 0.3) is 0 Å². The molecule has 0 unspecified atom stereocenters. The van der Waals surface area contributed by atoms with Crippen molar-refractivity contribution in [1.29, 1.82) is 0 Å². The SMILES string of the molecule is C#Cc1ccccc1CC(=O)OC.COC(=O)Cc1ccccc1C#CS(C)(C)C.COC(=O)Cc1ccccc1I.II(I)I.II(I)I(I)I(I)I(I)I.I[I-]I(I)I(I)I(I)I.O=C(O)Cc1ccccc1I. The van der Waals surface area contributed by atoms with Crippen LogP contribution in [0, 0.1) is 30.7 Å². The maximum absolute atomic E-state index is 11.3. The van der Waals surface area contributed by atoms with Gasteiger partial charge in [-0.1, -0.05) is 84.6 Å². The van der Waals surface area contributed by atoms with E-state index in [1.54, 1.807) is 6.07 Å². The van der Waals surface area contributed by atoms with E-state index >= 15 is 0 Å². The number of rotatable bonds is 14. The van der Waals surface area contributed by atoms with Crippen LogP contribution in [0.15, 0.2) is 97.1 Å². The van der Waals surface area contributed by atoms with Crippen molar-refractivity contribution in [3.8, 4) is 23.5 Å². The summed E-state index contributed by atoms with van der Waals surface area (Å²) in [6, 6.07) is 30.3. The van der Waals surface area contributed by atoms with E-state index in [9.17, 15) is 19.2 Å². The molecule has 0 fully saturated rings. The summed E-state index contributed by atoms with van der Waals surface area (Å²) in [5.41, 5.74) is 5.31. The van der Waals surface area contributed by atoms with Gasteiger partial charge in [-0.05, 0) is 116 Å². The first kappa shape index (κ1) is 92.7. The van der Waals surface area contributed by atoms with Crippen LogP contribution < -0.4 is 13.3 Å². The van der Waals surface area contributed by atoms with Gasteiger partial charge in [0.25, 0.3) is 0 Å². The fourth-order valence-electron chi connectivity index (χ4n) is 4.06. The number of carboxylic acids is 1. The summed E-state index contributed by atoms with van der Waals surface area (Å²) < 4.78 is 15.9. The number of methoxy groups -OCH3 is 3. The summed E-state index contributed by atoms with van der Waals surface area (Å²) in [5, 5.41) is 11.7. The van der Waals surface area contributed by atoms with Crippen molar-refractivity contribution in [2.75, 3.05) is 40.1 Å². The molecule has 0 aliphatic carbocycles. The maximum Gasteiger partial charge on any atom is 0.307 e. The van der Waals surface area contributed by atoms with Gasteiger partial charge < -0.3 is 19.3 Å². The Labute approximate surface area is 659 Å². The van der Waals surface area contributed by atoms with Crippen molar-refractivity contribution < 1.29 is 51.8 Å². The number of aliphatic carboxylic acids is 1. The minimum Gasteiger partial charge on any atom is -0.481 e. The molecule has 0 heterocycles. The number of carboxylic acid groups (broad SMARTS) is 1. The van der Waals surface area contributed by atoms with Gasteiger partial charge in [-0.3, -0.25) is 19.2 Å². The van der Waals surface area contributed by atoms with Gasteiger partial charge >= 0.3 is 361 Å². The molecular weight excluding hydrogens is 3840 g/mol. The number of hydrogen-bond acceptors (Lipinski definition) is 7. The van der Waals surface area contributed by atoms with Gasteiger partial charge in [0.1, 0.15) is 0 Å². The first-order valence-electron chi connectivity index (χ1n) is 18.7. The summed E-state index contributed by atoms with van der Waals surface area (Å²) >= 11 is 43.2. The molecule has 442 valence electrons. The van der Waals surface area contributed by atoms with E-state index in [1.807, 2.05) is 91.0 Å². The molecule has 0 saturated carbocycles. The molecule has 0 aliphatic rings. The average Bonchev–Trinajstić information content (AvgIpc) is 3.36. The van der Waals surface area contributed by atoms with Crippen molar-refractivity contribution in [3.63, 3.8) is 0 Å². The first-order valence-corrected chi connectivity index (χ1v) is 149. The predicted octanol–water partition coefficient (Wildman–Crippen LogP) is 24.2. The van der Waals surface area contributed by atoms with Crippen LogP contribution in [0.2, 0.25) is 0 Å². The Morgan fingerprint density at radius 1 is 0.526 bits per heavy atom. The zero-order valence-electron chi connectivity index (χ0n) is 39.3. The standard InChI is InChI=1S/C14H18O2S.C11H10O2.C9H9IO2.C8H7IO2.I10.I9.I4/c1-16-14(15)11-13-8-6-5-7-12(13)9-10-17(2,3)4;1-3-9-6-4-5-7-10(9)8-11(12)13-2;1-12-9(11)6-7-4-2-3-5-8(7)10;9-7-4-2-1-3-6(7)5-8(10)11;1-7(2)9(5)10(6)8(3)4;1-6-8(4)9(5)7(2)3;1-4(2)3/h5-8H,11H2,1-4H3;1,4-7H,8H2,2H3;2-5H,6H2,1H3;1-4H,5H2,(H,10,11);;;/q;;;;;-1;. The number of ether oxygens (including phenoxy) is 3. The van der Waals surface area contributed by atoms with Crippen molar-refractivity contribution in [2.24, 2.45) is 0 Å². The van der Waals surface area contributed by atoms with Crippen molar-refractivity contribution >= 4 is 403 Å². The summed E-state index contributed by atoms with van der Waals surface area (Å²) in [4.78, 5) is 43.5. The summed E-state index contributed by atoms with van der Waals surface area (Å²) in [6.07, 6.45) is 12.7. The molecule has 4 aromatic carbocycles. The van der Waals surface area contributed by atoms with E-state index in [0.29, 0.717) is 19.7 Å². The summed E-state index contributed by atoms with van der Waals surface area (Å²) in [7, 11) is 0.857. The Balaban J connectivity index is -0.000000839. The van der Waals surface area contributed by atoms with E-state index in [1.165, 1.54) is 21.3 Å². The second kappa shape index (κ2) is 58.8. The zero-order chi connectivity index (χ0) is 59.1. The van der Waals surface area contributed by atoms with Crippen molar-refractivity contribution in [2.45, 2.75) is 25.7 Å². The van der Waals surface area contributed by atoms with Crippen LogP contribution in [0.1, 0.15) is 33.4 Å². The second-order valence-electron chi connectivity index (χ2n) is 12.9. The van der Waals surface area contributed by atoms with Crippen molar-refractivity contribution in [1.82, 2.24) is 0 Å². The number of benzene rings is 4. The molecule has 1 N–H and O–H groups in total.